The number of benzene rings is 1. The summed E-state index contributed by atoms with van der Waals surface area (Å²) >= 11 is 5.98. The number of hydrogen-bond donors (Lipinski definition) is 0. The molecule has 1 aliphatic rings. The smallest absolute Gasteiger partial charge is 0.333 e. The monoisotopic (exact) mass is 266 g/mol. The van der Waals surface area contributed by atoms with Crippen LogP contribution in [0.15, 0.2) is 30.4 Å². The van der Waals surface area contributed by atoms with Gasteiger partial charge >= 0.3 is 5.97 Å². The molecule has 1 fully saturated rings. The highest BCUT2D eigenvalue weighted by molar-refractivity contribution is 6.30. The molecule has 4 heteroatoms. The molecule has 1 saturated heterocycles. The summed E-state index contributed by atoms with van der Waals surface area (Å²) in [6.45, 7) is 4.14. The van der Waals surface area contributed by atoms with E-state index in [1.807, 2.05) is 12.1 Å². The van der Waals surface area contributed by atoms with Gasteiger partial charge in [-0.15, -0.1) is 0 Å². The van der Waals surface area contributed by atoms with Gasteiger partial charge in [0.2, 0.25) is 0 Å². The Labute approximate surface area is 111 Å². The van der Waals surface area contributed by atoms with Gasteiger partial charge in [0, 0.05) is 16.5 Å². The highest BCUT2D eigenvalue weighted by atomic mass is 35.5. The van der Waals surface area contributed by atoms with Crippen LogP contribution >= 0.6 is 11.6 Å². The predicted octanol–water partition coefficient (Wildman–Crippen LogP) is 3.01. The van der Waals surface area contributed by atoms with Crippen molar-refractivity contribution in [3.63, 3.8) is 0 Å². The van der Waals surface area contributed by atoms with Gasteiger partial charge in [0.15, 0.2) is 0 Å². The topological polar surface area (TPSA) is 35.5 Å². The minimum absolute atomic E-state index is 0.238. The summed E-state index contributed by atoms with van der Waals surface area (Å²) in [4.78, 5) is 11.2. The maximum atomic E-state index is 11.2. The van der Waals surface area contributed by atoms with Gasteiger partial charge in [-0.2, -0.15) is 0 Å². The first-order chi connectivity index (χ1) is 8.60. The van der Waals surface area contributed by atoms with Crippen LogP contribution in [0.4, 0.5) is 0 Å². The SMILES string of the molecule is C=C1CC(Cc2cc(Cl)ccc2OC)COC1=O. The molecule has 2 rings (SSSR count). The summed E-state index contributed by atoms with van der Waals surface area (Å²) in [6, 6.07) is 5.53. The number of halogens is 1. The maximum Gasteiger partial charge on any atom is 0.333 e. The van der Waals surface area contributed by atoms with Crippen molar-refractivity contribution in [1.29, 1.82) is 0 Å². The molecule has 0 bridgehead atoms. The zero-order valence-corrected chi connectivity index (χ0v) is 11.0. The molecule has 96 valence electrons. The molecule has 1 heterocycles. The Morgan fingerprint density at radius 3 is 3.00 bits per heavy atom. The standard InChI is InChI=1S/C14H15ClO3/c1-9-5-10(8-18-14(9)16)6-11-7-12(15)3-4-13(11)17-2/h3-4,7,10H,1,5-6,8H2,2H3. The second-order valence-electron chi connectivity index (χ2n) is 4.43. The first-order valence-electron chi connectivity index (χ1n) is 5.77. The summed E-state index contributed by atoms with van der Waals surface area (Å²) in [7, 11) is 1.63. The van der Waals surface area contributed by atoms with Gasteiger partial charge in [0.1, 0.15) is 5.75 Å². The normalized spacial score (nSPS) is 19.6. The fraction of sp³-hybridized carbons (Fsp3) is 0.357. The van der Waals surface area contributed by atoms with E-state index >= 15 is 0 Å². The van der Waals surface area contributed by atoms with Crippen molar-refractivity contribution in [3.8, 4) is 5.75 Å². The van der Waals surface area contributed by atoms with E-state index in [0.29, 0.717) is 23.6 Å². The van der Waals surface area contributed by atoms with Crippen molar-refractivity contribution in [2.24, 2.45) is 5.92 Å². The highest BCUT2D eigenvalue weighted by Gasteiger charge is 2.24. The lowest BCUT2D eigenvalue weighted by molar-refractivity contribution is -0.143. The van der Waals surface area contributed by atoms with Crippen molar-refractivity contribution in [1.82, 2.24) is 0 Å². The number of esters is 1. The number of rotatable bonds is 3. The van der Waals surface area contributed by atoms with Crippen LogP contribution in [-0.4, -0.2) is 19.7 Å². The van der Waals surface area contributed by atoms with Crippen LogP contribution < -0.4 is 4.74 Å². The average Bonchev–Trinajstić information content (AvgIpc) is 2.34. The van der Waals surface area contributed by atoms with Crippen molar-refractivity contribution >= 4 is 17.6 Å². The van der Waals surface area contributed by atoms with Gasteiger partial charge in [0.05, 0.1) is 13.7 Å². The van der Waals surface area contributed by atoms with Crippen LogP contribution in [-0.2, 0) is 16.0 Å². The molecular weight excluding hydrogens is 252 g/mol. The van der Waals surface area contributed by atoms with Crippen LogP contribution in [0.1, 0.15) is 12.0 Å². The lowest BCUT2D eigenvalue weighted by Gasteiger charge is -2.23. The molecule has 0 saturated carbocycles. The zero-order chi connectivity index (χ0) is 13.1. The minimum Gasteiger partial charge on any atom is -0.496 e. The Morgan fingerprint density at radius 2 is 2.33 bits per heavy atom. The fourth-order valence-electron chi connectivity index (χ4n) is 2.14. The molecule has 1 aliphatic heterocycles. The molecule has 1 unspecified atom stereocenters. The van der Waals surface area contributed by atoms with Gasteiger partial charge in [-0.25, -0.2) is 4.79 Å². The Balaban J connectivity index is 2.11. The van der Waals surface area contributed by atoms with E-state index in [1.54, 1.807) is 13.2 Å². The Kier molecular flexibility index (Phi) is 3.92. The summed E-state index contributed by atoms with van der Waals surface area (Å²) < 4.78 is 10.4. The van der Waals surface area contributed by atoms with Crippen molar-refractivity contribution < 1.29 is 14.3 Å². The summed E-state index contributed by atoms with van der Waals surface area (Å²) in [5, 5.41) is 0.678. The summed E-state index contributed by atoms with van der Waals surface area (Å²) in [5.74, 6) is 0.758. The van der Waals surface area contributed by atoms with Crippen LogP contribution in [0, 0.1) is 5.92 Å². The molecular formula is C14H15ClO3. The van der Waals surface area contributed by atoms with Crippen molar-refractivity contribution in [2.45, 2.75) is 12.8 Å². The van der Waals surface area contributed by atoms with Gasteiger partial charge in [-0.1, -0.05) is 18.2 Å². The molecule has 1 atom stereocenters. The van der Waals surface area contributed by atoms with Crippen LogP contribution in [0.5, 0.6) is 5.75 Å². The van der Waals surface area contributed by atoms with Gasteiger partial charge in [0.25, 0.3) is 0 Å². The van der Waals surface area contributed by atoms with Crippen molar-refractivity contribution in [2.75, 3.05) is 13.7 Å². The van der Waals surface area contributed by atoms with E-state index in [2.05, 4.69) is 6.58 Å². The molecule has 1 aromatic carbocycles. The average molecular weight is 267 g/mol. The number of methoxy groups -OCH3 is 1. The minimum atomic E-state index is -0.288. The largest absolute Gasteiger partial charge is 0.496 e. The van der Waals surface area contributed by atoms with Gasteiger partial charge in [-0.05, 0) is 36.6 Å². The third-order valence-electron chi connectivity index (χ3n) is 3.02. The predicted molar refractivity (Wildman–Crippen MR) is 69.9 cm³/mol. The van der Waals surface area contributed by atoms with Gasteiger partial charge in [-0.3, -0.25) is 0 Å². The molecule has 0 aliphatic carbocycles. The third-order valence-corrected chi connectivity index (χ3v) is 3.26. The van der Waals surface area contributed by atoms with E-state index in [-0.39, 0.29) is 11.9 Å². The van der Waals surface area contributed by atoms with E-state index in [4.69, 9.17) is 21.1 Å². The molecule has 0 spiro atoms. The molecule has 0 aromatic heterocycles. The molecule has 1 aromatic rings. The van der Waals surface area contributed by atoms with E-state index < -0.39 is 0 Å². The number of carbonyl (C=O) groups excluding carboxylic acids is 1. The van der Waals surface area contributed by atoms with Gasteiger partial charge < -0.3 is 9.47 Å². The number of cyclic esters (lactones) is 1. The second-order valence-corrected chi connectivity index (χ2v) is 4.87. The molecule has 18 heavy (non-hydrogen) atoms. The van der Waals surface area contributed by atoms with Crippen molar-refractivity contribution in [3.05, 3.63) is 40.9 Å². The number of hydrogen-bond acceptors (Lipinski definition) is 3. The number of ether oxygens (including phenoxy) is 2. The highest BCUT2D eigenvalue weighted by Crippen LogP contribution is 2.29. The molecule has 0 amide bonds. The first kappa shape index (κ1) is 13.0. The van der Waals surface area contributed by atoms with E-state index in [1.165, 1.54) is 0 Å². The van der Waals surface area contributed by atoms with E-state index in [9.17, 15) is 4.79 Å². The zero-order valence-electron chi connectivity index (χ0n) is 10.2. The lowest BCUT2D eigenvalue weighted by atomic mass is 9.91. The molecule has 0 N–H and O–H groups in total. The van der Waals surface area contributed by atoms with Crippen LogP contribution in [0.2, 0.25) is 5.02 Å². The van der Waals surface area contributed by atoms with Crippen LogP contribution in [0.3, 0.4) is 0 Å². The number of carbonyl (C=O) groups is 1. The fourth-order valence-corrected chi connectivity index (χ4v) is 2.33. The van der Waals surface area contributed by atoms with Crippen LogP contribution in [0.25, 0.3) is 0 Å². The third kappa shape index (κ3) is 2.85. The maximum absolute atomic E-state index is 11.2. The Hall–Kier alpha value is -1.48. The second kappa shape index (κ2) is 5.44. The summed E-state index contributed by atoms with van der Waals surface area (Å²) in [6.07, 6.45) is 1.42. The quantitative estimate of drug-likeness (QED) is 0.623. The lowest BCUT2D eigenvalue weighted by Crippen LogP contribution is -2.25. The summed E-state index contributed by atoms with van der Waals surface area (Å²) in [5.41, 5.74) is 1.56. The Bertz CT molecular complexity index is 482. The molecule has 3 nitrogen and oxygen atoms in total. The van der Waals surface area contributed by atoms with E-state index in [0.717, 1.165) is 17.7 Å². The molecule has 0 radical (unpaired) electrons. The Morgan fingerprint density at radius 1 is 1.56 bits per heavy atom. The first-order valence-corrected chi connectivity index (χ1v) is 6.15.